The van der Waals surface area contributed by atoms with E-state index in [1.54, 1.807) is 24.9 Å². The SMILES string of the molecule is Cc1cc(C(N)Cc2cnn(C)c2)c(F)cc1F. The normalized spacial score (nSPS) is 12.7. The number of rotatable bonds is 3. The summed E-state index contributed by atoms with van der Waals surface area (Å²) in [4.78, 5) is 0. The molecule has 0 bridgehead atoms. The highest BCUT2D eigenvalue weighted by Gasteiger charge is 2.15. The van der Waals surface area contributed by atoms with Gasteiger partial charge >= 0.3 is 0 Å². The van der Waals surface area contributed by atoms with Crippen LogP contribution in [0, 0.1) is 18.6 Å². The van der Waals surface area contributed by atoms with E-state index in [9.17, 15) is 8.78 Å². The van der Waals surface area contributed by atoms with E-state index < -0.39 is 17.7 Å². The van der Waals surface area contributed by atoms with Crippen LogP contribution < -0.4 is 5.73 Å². The van der Waals surface area contributed by atoms with Gasteiger partial charge < -0.3 is 5.73 Å². The van der Waals surface area contributed by atoms with Crippen LogP contribution >= 0.6 is 0 Å². The zero-order valence-electron chi connectivity index (χ0n) is 10.3. The van der Waals surface area contributed by atoms with Crippen molar-refractivity contribution in [1.82, 2.24) is 9.78 Å². The first-order valence-electron chi connectivity index (χ1n) is 5.66. The summed E-state index contributed by atoms with van der Waals surface area (Å²) in [6.07, 6.45) is 3.98. The average Bonchev–Trinajstić information content (AvgIpc) is 2.69. The summed E-state index contributed by atoms with van der Waals surface area (Å²) in [5.41, 5.74) is 7.61. The Morgan fingerprint density at radius 2 is 2.06 bits per heavy atom. The molecule has 2 N–H and O–H groups in total. The van der Waals surface area contributed by atoms with E-state index in [1.807, 2.05) is 6.20 Å². The predicted octanol–water partition coefficient (Wildman–Crippen LogP) is 2.25. The number of aryl methyl sites for hydroxylation is 2. The van der Waals surface area contributed by atoms with Gasteiger partial charge in [-0.2, -0.15) is 5.10 Å². The molecule has 1 unspecified atom stereocenters. The van der Waals surface area contributed by atoms with Crippen LogP contribution in [-0.2, 0) is 13.5 Å². The summed E-state index contributed by atoms with van der Waals surface area (Å²) in [5.74, 6) is -1.15. The van der Waals surface area contributed by atoms with Crippen LogP contribution in [0.15, 0.2) is 24.5 Å². The molecule has 1 atom stereocenters. The van der Waals surface area contributed by atoms with E-state index in [0.29, 0.717) is 17.5 Å². The van der Waals surface area contributed by atoms with Crippen molar-refractivity contribution in [3.05, 3.63) is 52.9 Å². The van der Waals surface area contributed by atoms with Gasteiger partial charge in [0.05, 0.1) is 6.20 Å². The number of nitrogens with two attached hydrogens (primary N) is 1. The van der Waals surface area contributed by atoms with Gasteiger partial charge in [0, 0.05) is 30.9 Å². The fraction of sp³-hybridized carbons (Fsp3) is 0.308. The molecule has 5 heteroatoms. The first-order chi connectivity index (χ1) is 8.47. The molecule has 0 fully saturated rings. The molecule has 1 heterocycles. The zero-order chi connectivity index (χ0) is 13.3. The lowest BCUT2D eigenvalue weighted by atomic mass is 9.99. The van der Waals surface area contributed by atoms with Gasteiger partial charge in [0.2, 0.25) is 0 Å². The van der Waals surface area contributed by atoms with Crippen molar-refractivity contribution in [2.75, 3.05) is 0 Å². The zero-order valence-corrected chi connectivity index (χ0v) is 10.3. The van der Waals surface area contributed by atoms with Gasteiger partial charge in [-0.15, -0.1) is 0 Å². The molecule has 2 rings (SSSR count). The number of halogens is 2. The Hall–Kier alpha value is -1.75. The second-order valence-corrected chi connectivity index (χ2v) is 4.46. The number of hydrogen-bond acceptors (Lipinski definition) is 2. The van der Waals surface area contributed by atoms with Crippen molar-refractivity contribution < 1.29 is 8.78 Å². The number of aromatic nitrogens is 2. The molecule has 18 heavy (non-hydrogen) atoms. The third kappa shape index (κ3) is 2.56. The molecule has 0 aliphatic carbocycles. The largest absolute Gasteiger partial charge is 0.324 e. The molecule has 0 saturated heterocycles. The van der Waals surface area contributed by atoms with Crippen molar-refractivity contribution in [3.8, 4) is 0 Å². The number of benzene rings is 1. The van der Waals surface area contributed by atoms with Gasteiger partial charge in [0.15, 0.2) is 0 Å². The third-order valence-corrected chi connectivity index (χ3v) is 2.89. The molecule has 1 aromatic carbocycles. The van der Waals surface area contributed by atoms with E-state index in [0.717, 1.165) is 11.6 Å². The minimum Gasteiger partial charge on any atom is -0.324 e. The quantitative estimate of drug-likeness (QED) is 0.909. The van der Waals surface area contributed by atoms with E-state index in [1.165, 1.54) is 6.07 Å². The predicted molar refractivity (Wildman–Crippen MR) is 64.9 cm³/mol. The Kier molecular flexibility index (Phi) is 3.43. The summed E-state index contributed by atoms with van der Waals surface area (Å²) < 4.78 is 28.5. The first-order valence-corrected chi connectivity index (χ1v) is 5.66. The molecule has 0 aliphatic heterocycles. The lowest BCUT2D eigenvalue weighted by Gasteiger charge is -2.13. The maximum absolute atomic E-state index is 13.6. The van der Waals surface area contributed by atoms with Crippen molar-refractivity contribution in [2.24, 2.45) is 12.8 Å². The lowest BCUT2D eigenvalue weighted by Crippen LogP contribution is -2.15. The topological polar surface area (TPSA) is 43.8 Å². The Labute approximate surface area is 104 Å². The van der Waals surface area contributed by atoms with Crippen molar-refractivity contribution in [1.29, 1.82) is 0 Å². The smallest absolute Gasteiger partial charge is 0.130 e. The molecule has 96 valence electrons. The maximum atomic E-state index is 13.6. The molecule has 0 aliphatic rings. The minimum atomic E-state index is -0.602. The molecule has 3 nitrogen and oxygen atoms in total. The van der Waals surface area contributed by atoms with Crippen LogP contribution in [0.2, 0.25) is 0 Å². The van der Waals surface area contributed by atoms with Crippen LogP contribution in [0.4, 0.5) is 8.78 Å². The summed E-state index contributed by atoms with van der Waals surface area (Å²) in [7, 11) is 1.80. The molecule has 0 radical (unpaired) electrons. The molecular formula is C13H15F2N3. The maximum Gasteiger partial charge on any atom is 0.130 e. The molecular weight excluding hydrogens is 236 g/mol. The van der Waals surface area contributed by atoms with E-state index in [-0.39, 0.29) is 0 Å². The fourth-order valence-corrected chi connectivity index (χ4v) is 1.90. The highest BCUT2D eigenvalue weighted by molar-refractivity contribution is 5.29. The van der Waals surface area contributed by atoms with Gasteiger partial charge in [-0.25, -0.2) is 8.78 Å². The van der Waals surface area contributed by atoms with Gasteiger partial charge in [-0.05, 0) is 30.5 Å². The minimum absolute atomic E-state index is 0.331. The van der Waals surface area contributed by atoms with Gasteiger partial charge in [0.25, 0.3) is 0 Å². The highest BCUT2D eigenvalue weighted by Crippen LogP contribution is 2.22. The number of nitrogens with zero attached hydrogens (tertiary/aromatic N) is 2. The van der Waals surface area contributed by atoms with Gasteiger partial charge in [-0.3, -0.25) is 4.68 Å². The Bertz CT molecular complexity index is 563. The van der Waals surface area contributed by atoms with E-state index in [2.05, 4.69) is 5.10 Å². The Morgan fingerprint density at radius 3 is 2.67 bits per heavy atom. The van der Waals surface area contributed by atoms with Crippen LogP contribution in [0.1, 0.15) is 22.7 Å². The van der Waals surface area contributed by atoms with Crippen molar-refractivity contribution >= 4 is 0 Å². The number of hydrogen-bond donors (Lipinski definition) is 1. The summed E-state index contributed by atoms with van der Waals surface area (Å²) in [6, 6.07) is 1.84. The summed E-state index contributed by atoms with van der Waals surface area (Å²) in [5, 5.41) is 4.02. The summed E-state index contributed by atoms with van der Waals surface area (Å²) >= 11 is 0. The van der Waals surface area contributed by atoms with Crippen LogP contribution in [-0.4, -0.2) is 9.78 Å². The Morgan fingerprint density at radius 1 is 1.33 bits per heavy atom. The van der Waals surface area contributed by atoms with Crippen molar-refractivity contribution in [3.63, 3.8) is 0 Å². The molecule has 0 spiro atoms. The first kappa shape index (κ1) is 12.7. The molecule has 1 aromatic heterocycles. The molecule has 0 saturated carbocycles. The van der Waals surface area contributed by atoms with E-state index in [4.69, 9.17) is 5.73 Å². The van der Waals surface area contributed by atoms with Crippen molar-refractivity contribution in [2.45, 2.75) is 19.4 Å². The second kappa shape index (κ2) is 4.86. The molecule has 0 amide bonds. The standard InChI is InChI=1S/C13H15F2N3/c1-8-3-10(12(15)5-11(8)14)13(16)4-9-6-17-18(2)7-9/h3,5-7,13H,4,16H2,1-2H3. The molecule has 2 aromatic rings. The lowest BCUT2D eigenvalue weighted by molar-refractivity contribution is 0.549. The fourth-order valence-electron chi connectivity index (χ4n) is 1.90. The average molecular weight is 251 g/mol. The Balaban J connectivity index is 2.23. The van der Waals surface area contributed by atoms with Gasteiger partial charge in [-0.1, -0.05) is 0 Å². The highest BCUT2D eigenvalue weighted by atomic mass is 19.1. The van der Waals surface area contributed by atoms with Crippen LogP contribution in [0.3, 0.4) is 0 Å². The summed E-state index contributed by atoms with van der Waals surface area (Å²) in [6.45, 7) is 1.59. The van der Waals surface area contributed by atoms with E-state index >= 15 is 0 Å². The van der Waals surface area contributed by atoms with Crippen LogP contribution in [0.5, 0.6) is 0 Å². The third-order valence-electron chi connectivity index (χ3n) is 2.89. The monoisotopic (exact) mass is 251 g/mol. The second-order valence-electron chi connectivity index (χ2n) is 4.46. The van der Waals surface area contributed by atoms with Crippen LogP contribution in [0.25, 0.3) is 0 Å². The van der Waals surface area contributed by atoms with Gasteiger partial charge in [0.1, 0.15) is 11.6 Å².